The predicted octanol–water partition coefficient (Wildman–Crippen LogP) is 4.40. The average Bonchev–Trinajstić information content (AvgIpc) is 2.78. The highest BCUT2D eigenvalue weighted by Gasteiger charge is 2.34. The van der Waals surface area contributed by atoms with Crippen LogP contribution in [-0.2, 0) is 11.3 Å². The second-order valence-corrected chi connectivity index (χ2v) is 7.81. The number of hydrogen-bond donors (Lipinski definition) is 3. The molecule has 1 unspecified atom stereocenters. The van der Waals surface area contributed by atoms with Gasteiger partial charge < -0.3 is 20.7 Å². The van der Waals surface area contributed by atoms with Crippen molar-refractivity contribution < 1.29 is 9.13 Å². The summed E-state index contributed by atoms with van der Waals surface area (Å²) in [7, 11) is 0. The summed E-state index contributed by atoms with van der Waals surface area (Å²) < 4.78 is 19.6. The quantitative estimate of drug-likeness (QED) is 0.264. The molecule has 0 aromatic heterocycles. The largest absolute Gasteiger partial charge is 0.381 e. The number of benzene rings is 2. The van der Waals surface area contributed by atoms with Crippen molar-refractivity contribution in [3.05, 3.63) is 71.5 Å². The molecule has 0 radical (unpaired) electrons. The normalized spacial score (nSPS) is 16.8. The van der Waals surface area contributed by atoms with Gasteiger partial charge in [0.15, 0.2) is 5.96 Å². The number of nitrogens with one attached hydrogen (secondary N) is 3. The maximum Gasteiger partial charge on any atom is 0.191 e. The summed E-state index contributed by atoms with van der Waals surface area (Å²) in [5.74, 6) is 0.470. The Morgan fingerprint density at radius 2 is 1.74 bits per heavy atom. The summed E-state index contributed by atoms with van der Waals surface area (Å²) in [6, 6.07) is 17.5. The van der Waals surface area contributed by atoms with Crippen molar-refractivity contribution in [3.8, 4) is 0 Å². The minimum atomic E-state index is -0.226. The van der Waals surface area contributed by atoms with E-state index in [2.05, 4.69) is 52.1 Å². The maximum absolute atomic E-state index is 13.9. The number of ether oxygens (including phenoxy) is 1. The van der Waals surface area contributed by atoms with Gasteiger partial charge in [-0.1, -0.05) is 48.5 Å². The van der Waals surface area contributed by atoms with Crippen LogP contribution < -0.4 is 16.0 Å². The molecule has 3 N–H and O–H groups in total. The molecule has 7 heteroatoms. The third kappa shape index (κ3) is 7.73. The van der Waals surface area contributed by atoms with Crippen LogP contribution >= 0.6 is 24.0 Å². The molecule has 170 valence electrons. The lowest BCUT2D eigenvalue weighted by atomic mass is 9.88. The van der Waals surface area contributed by atoms with Crippen molar-refractivity contribution >= 4 is 29.9 Å². The van der Waals surface area contributed by atoms with Crippen LogP contribution in [0, 0.1) is 5.82 Å². The first kappa shape index (κ1) is 25.5. The van der Waals surface area contributed by atoms with Gasteiger partial charge >= 0.3 is 0 Å². The van der Waals surface area contributed by atoms with Gasteiger partial charge in [-0.2, -0.15) is 0 Å². The molecule has 1 saturated heterocycles. The molecule has 5 nitrogen and oxygen atoms in total. The summed E-state index contributed by atoms with van der Waals surface area (Å²) in [5.41, 5.74) is 1.76. The van der Waals surface area contributed by atoms with Crippen LogP contribution in [0.25, 0.3) is 0 Å². The highest BCUT2D eigenvalue weighted by molar-refractivity contribution is 14.0. The predicted molar refractivity (Wildman–Crippen MR) is 135 cm³/mol. The number of nitrogens with zero attached hydrogens (tertiary/aromatic N) is 1. The van der Waals surface area contributed by atoms with Crippen molar-refractivity contribution in [1.82, 2.24) is 16.0 Å². The topological polar surface area (TPSA) is 57.7 Å². The van der Waals surface area contributed by atoms with Crippen LogP contribution in [0.15, 0.2) is 59.6 Å². The van der Waals surface area contributed by atoms with Crippen LogP contribution in [0.4, 0.5) is 4.39 Å². The van der Waals surface area contributed by atoms with Gasteiger partial charge in [0.05, 0.1) is 6.54 Å². The third-order valence-electron chi connectivity index (χ3n) is 5.58. The lowest BCUT2D eigenvalue weighted by Crippen LogP contribution is -2.58. The van der Waals surface area contributed by atoms with Gasteiger partial charge in [-0.15, -0.1) is 24.0 Å². The van der Waals surface area contributed by atoms with Crippen LogP contribution in [0.2, 0.25) is 0 Å². The molecule has 3 rings (SSSR count). The number of aliphatic imine (C=N–C) groups is 1. The van der Waals surface area contributed by atoms with Crippen LogP contribution in [0.5, 0.6) is 0 Å². The standard InChI is InChI=1S/C24H33FN4O.HI/c1-3-26-23(27-17-21-11-7-8-12-22(21)25)28-18-24(13-15-30-16-14-24)29-19(2)20-9-5-4-6-10-20;/h4-12,19,29H,3,13-18H2,1-2H3,(H2,26,27,28);1H. The molecule has 0 aliphatic carbocycles. The molecule has 1 aliphatic rings. The molecule has 1 heterocycles. The third-order valence-corrected chi connectivity index (χ3v) is 5.58. The number of hydrogen-bond acceptors (Lipinski definition) is 3. The van der Waals surface area contributed by atoms with Gasteiger partial charge in [0.2, 0.25) is 0 Å². The van der Waals surface area contributed by atoms with E-state index in [0.29, 0.717) is 18.1 Å². The van der Waals surface area contributed by atoms with E-state index in [1.54, 1.807) is 12.1 Å². The molecular formula is C24H34FIN4O. The summed E-state index contributed by atoms with van der Waals surface area (Å²) in [6.07, 6.45) is 1.84. The van der Waals surface area contributed by atoms with Crippen molar-refractivity contribution in [3.63, 3.8) is 0 Å². The lowest BCUT2D eigenvalue weighted by molar-refractivity contribution is 0.0355. The van der Waals surface area contributed by atoms with Crippen LogP contribution in [0.1, 0.15) is 43.9 Å². The first-order valence-electron chi connectivity index (χ1n) is 10.8. The summed E-state index contributed by atoms with van der Waals surface area (Å²) in [6.45, 7) is 7.46. The fourth-order valence-corrected chi connectivity index (χ4v) is 3.80. The minimum Gasteiger partial charge on any atom is -0.381 e. The van der Waals surface area contributed by atoms with E-state index in [9.17, 15) is 4.39 Å². The van der Waals surface area contributed by atoms with Gasteiger partial charge in [-0.25, -0.2) is 9.38 Å². The van der Waals surface area contributed by atoms with Gasteiger partial charge in [0.25, 0.3) is 0 Å². The van der Waals surface area contributed by atoms with E-state index < -0.39 is 0 Å². The first-order chi connectivity index (χ1) is 14.6. The lowest BCUT2D eigenvalue weighted by Gasteiger charge is -2.41. The Balaban J connectivity index is 0.00000341. The van der Waals surface area contributed by atoms with E-state index in [1.165, 1.54) is 11.6 Å². The van der Waals surface area contributed by atoms with Crippen molar-refractivity contribution in [2.45, 2.75) is 44.8 Å². The zero-order valence-corrected chi connectivity index (χ0v) is 20.7. The Kier molecular flexibility index (Phi) is 10.7. The minimum absolute atomic E-state index is 0. The van der Waals surface area contributed by atoms with Gasteiger partial charge in [-0.3, -0.25) is 0 Å². The molecule has 0 spiro atoms. The number of guanidine groups is 1. The highest BCUT2D eigenvalue weighted by atomic mass is 127. The molecule has 1 aliphatic heterocycles. The fraction of sp³-hybridized carbons (Fsp3) is 0.458. The van der Waals surface area contributed by atoms with E-state index in [0.717, 1.165) is 39.1 Å². The monoisotopic (exact) mass is 540 g/mol. The molecule has 0 saturated carbocycles. The molecule has 0 bridgehead atoms. The number of rotatable bonds is 8. The van der Waals surface area contributed by atoms with E-state index in [4.69, 9.17) is 4.74 Å². The second kappa shape index (κ2) is 13.0. The Morgan fingerprint density at radius 1 is 1.06 bits per heavy atom. The SMILES string of the molecule is CCNC(=NCc1ccccc1F)NCC1(NC(C)c2ccccc2)CCOCC1.I. The van der Waals surface area contributed by atoms with Crippen molar-refractivity contribution in [2.75, 3.05) is 26.3 Å². The van der Waals surface area contributed by atoms with Gasteiger partial charge in [0.1, 0.15) is 5.82 Å². The van der Waals surface area contributed by atoms with Crippen molar-refractivity contribution in [1.29, 1.82) is 0 Å². The van der Waals surface area contributed by atoms with E-state index >= 15 is 0 Å². The van der Waals surface area contributed by atoms with Crippen LogP contribution in [-0.4, -0.2) is 37.8 Å². The summed E-state index contributed by atoms with van der Waals surface area (Å²) in [4.78, 5) is 4.59. The molecule has 31 heavy (non-hydrogen) atoms. The maximum atomic E-state index is 13.9. The number of halogens is 2. The zero-order valence-electron chi connectivity index (χ0n) is 18.4. The van der Waals surface area contributed by atoms with Crippen molar-refractivity contribution in [2.24, 2.45) is 4.99 Å². The van der Waals surface area contributed by atoms with Crippen LogP contribution in [0.3, 0.4) is 0 Å². The molecular weight excluding hydrogens is 506 g/mol. The summed E-state index contributed by atoms with van der Waals surface area (Å²) in [5, 5.41) is 10.6. The Bertz CT molecular complexity index is 812. The average molecular weight is 540 g/mol. The van der Waals surface area contributed by atoms with Gasteiger partial charge in [-0.05, 0) is 38.3 Å². The summed E-state index contributed by atoms with van der Waals surface area (Å²) >= 11 is 0. The zero-order chi connectivity index (χ0) is 21.2. The Labute approximate surface area is 202 Å². The molecule has 2 aromatic rings. The molecule has 1 fully saturated rings. The highest BCUT2D eigenvalue weighted by Crippen LogP contribution is 2.25. The fourth-order valence-electron chi connectivity index (χ4n) is 3.80. The Morgan fingerprint density at radius 3 is 2.42 bits per heavy atom. The second-order valence-electron chi connectivity index (χ2n) is 7.81. The molecule has 2 aromatic carbocycles. The molecule has 1 atom stereocenters. The van der Waals surface area contributed by atoms with E-state index in [-0.39, 0.29) is 41.4 Å². The smallest absolute Gasteiger partial charge is 0.191 e. The molecule has 0 amide bonds. The first-order valence-corrected chi connectivity index (χ1v) is 10.8. The Hall–Kier alpha value is -1.71. The van der Waals surface area contributed by atoms with Gasteiger partial charge in [0, 0.05) is 43.4 Å². The van der Waals surface area contributed by atoms with E-state index in [1.807, 2.05) is 19.1 Å².